The van der Waals surface area contributed by atoms with Crippen molar-refractivity contribution in [2.45, 2.75) is 13.3 Å². The second kappa shape index (κ2) is 8.75. The van der Waals surface area contributed by atoms with Crippen molar-refractivity contribution in [1.82, 2.24) is 9.66 Å². The van der Waals surface area contributed by atoms with Crippen LogP contribution in [0.15, 0.2) is 47.6 Å². The van der Waals surface area contributed by atoms with Crippen LogP contribution in [0.4, 0.5) is 0 Å². The number of hydrogen-bond donors (Lipinski definition) is 0. The first kappa shape index (κ1) is 21.0. The molecule has 0 amide bonds. The Morgan fingerprint density at radius 2 is 1.89 bits per heavy atom. The van der Waals surface area contributed by atoms with E-state index in [1.54, 1.807) is 32.6 Å². The summed E-state index contributed by atoms with van der Waals surface area (Å²) in [7, 11) is 3.12. The number of methoxy groups -OCH3 is 2. The molecule has 0 bridgehead atoms. The summed E-state index contributed by atoms with van der Waals surface area (Å²) < 4.78 is 14.3. The number of benzene rings is 2. The fraction of sp³-hybridized carbons (Fsp3) is 0.211. The van der Waals surface area contributed by atoms with Crippen LogP contribution in [-0.4, -0.2) is 30.1 Å². The lowest BCUT2D eigenvalue weighted by molar-refractivity contribution is 0.353. The van der Waals surface area contributed by atoms with E-state index in [-0.39, 0.29) is 5.56 Å². The molecule has 3 aromatic rings. The highest BCUT2D eigenvalue weighted by molar-refractivity contribution is 9.13. The highest BCUT2D eigenvalue weighted by Gasteiger charge is 2.16. The fourth-order valence-corrected chi connectivity index (χ4v) is 4.05. The summed E-state index contributed by atoms with van der Waals surface area (Å²) in [6.45, 7) is 1.93. The summed E-state index contributed by atoms with van der Waals surface area (Å²) >= 11 is 10.4. The van der Waals surface area contributed by atoms with Crippen LogP contribution in [-0.2, 0) is 6.42 Å². The van der Waals surface area contributed by atoms with E-state index in [4.69, 9.17) is 9.47 Å². The van der Waals surface area contributed by atoms with Gasteiger partial charge in [-0.25, -0.2) is 4.98 Å². The van der Waals surface area contributed by atoms with E-state index in [1.807, 2.05) is 19.1 Å². The smallest absolute Gasteiger partial charge is 0.282 e. The Kier molecular flexibility index (Phi) is 6.57. The molecule has 28 heavy (non-hydrogen) atoms. The van der Waals surface area contributed by atoms with Gasteiger partial charge in [0.25, 0.3) is 5.56 Å². The van der Waals surface area contributed by atoms with Crippen molar-refractivity contribution in [3.63, 3.8) is 0 Å². The number of nitrogens with zero attached hydrogens (tertiary/aromatic N) is 3. The molecule has 0 spiro atoms. The molecule has 0 aliphatic heterocycles. The molecule has 0 unspecified atom stereocenters. The summed E-state index contributed by atoms with van der Waals surface area (Å²) in [5.41, 5.74) is 1.13. The van der Waals surface area contributed by atoms with Crippen molar-refractivity contribution in [1.29, 1.82) is 0 Å². The van der Waals surface area contributed by atoms with E-state index in [0.29, 0.717) is 44.7 Å². The van der Waals surface area contributed by atoms with Crippen molar-refractivity contribution in [3.05, 3.63) is 59.4 Å². The summed E-state index contributed by atoms with van der Waals surface area (Å²) in [6.07, 6.45) is 2.15. The molecular weight excluding hydrogens is 558 g/mol. The minimum Gasteiger partial charge on any atom is -0.493 e. The Hall–Kier alpha value is -1.71. The van der Waals surface area contributed by atoms with E-state index in [0.717, 1.165) is 8.95 Å². The van der Waals surface area contributed by atoms with Gasteiger partial charge in [0.15, 0.2) is 11.5 Å². The predicted octanol–water partition coefficient (Wildman–Crippen LogP) is 5.15. The third-order valence-corrected chi connectivity index (χ3v) is 6.72. The molecule has 0 saturated heterocycles. The summed E-state index contributed by atoms with van der Waals surface area (Å²) in [5, 5.41) is 4.91. The van der Waals surface area contributed by atoms with Gasteiger partial charge in [-0.3, -0.25) is 4.79 Å². The van der Waals surface area contributed by atoms with Gasteiger partial charge < -0.3 is 9.47 Å². The SMILES string of the molecule is CCc1nc2ccc(Br)cc2c(=O)n1N=Cc1cc(OC)c(OC)c(Br)c1Br. The van der Waals surface area contributed by atoms with Crippen LogP contribution >= 0.6 is 47.8 Å². The number of halogens is 3. The molecule has 0 N–H and O–H groups in total. The van der Waals surface area contributed by atoms with Crippen LogP contribution < -0.4 is 15.0 Å². The summed E-state index contributed by atoms with van der Waals surface area (Å²) in [5.74, 6) is 1.68. The van der Waals surface area contributed by atoms with Gasteiger partial charge in [-0.15, -0.1) is 0 Å². The first-order valence-electron chi connectivity index (χ1n) is 8.26. The standard InChI is InChI=1S/C19H16Br3N3O3/c1-4-15-24-13-6-5-11(20)8-12(13)19(26)25(15)23-9-10-7-14(27-2)18(28-3)17(22)16(10)21/h5-9H,4H2,1-3H3. The van der Waals surface area contributed by atoms with Gasteiger partial charge in [-0.1, -0.05) is 22.9 Å². The quantitative estimate of drug-likeness (QED) is 0.396. The fourth-order valence-electron chi connectivity index (χ4n) is 2.70. The van der Waals surface area contributed by atoms with E-state index >= 15 is 0 Å². The number of fused-ring (bicyclic) bond motifs is 1. The van der Waals surface area contributed by atoms with Gasteiger partial charge >= 0.3 is 0 Å². The largest absolute Gasteiger partial charge is 0.493 e. The number of rotatable bonds is 5. The zero-order chi connectivity index (χ0) is 20.4. The molecule has 1 heterocycles. The highest BCUT2D eigenvalue weighted by atomic mass is 79.9. The van der Waals surface area contributed by atoms with Crippen LogP contribution in [0.5, 0.6) is 11.5 Å². The normalized spacial score (nSPS) is 11.4. The molecular formula is C19H16Br3N3O3. The molecule has 0 radical (unpaired) electrons. The number of aromatic nitrogens is 2. The Labute approximate surface area is 187 Å². The van der Waals surface area contributed by atoms with E-state index < -0.39 is 0 Å². The third-order valence-electron chi connectivity index (χ3n) is 4.08. The molecule has 0 fully saturated rings. The molecule has 9 heteroatoms. The average Bonchev–Trinajstić information content (AvgIpc) is 2.70. The van der Waals surface area contributed by atoms with Crippen molar-refractivity contribution in [3.8, 4) is 11.5 Å². The van der Waals surface area contributed by atoms with Gasteiger partial charge in [0.05, 0.1) is 35.8 Å². The average molecular weight is 574 g/mol. The summed E-state index contributed by atoms with van der Waals surface area (Å²) in [6, 6.07) is 7.20. The Morgan fingerprint density at radius 3 is 2.54 bits per heavy atom. The molecule has 0 saturated carbocycles. The lowest BCUT2D eigenvalue weighted by Crippen LogP contribution is -2.22. The number of ether oxygens (including phenoxy) is 2. The molecule has 0 aliphatic rings. The number of aryl methyl sites for hydroxylation is 1. The van der Waals surface area contributed by atoms with E-state index in [9.17, 15) is 4.79 Å². The zero-order valence-corrected chi connectivity index (χ0v) is 20.1. The Morgan fingerprint density at radius 1 is 1.14 bits per heavy atom. The van der Waals surface area contributed by atoms with Crippen LogP contribution in [0.1, 0.15) is 18.3 Å². The topological polar surface area (TPSA) is 65.7 Å². The molecule has 2 aromatic carbocycles. The maximum absolute atomic E-state index is 13.0. The predicted molar refractivity (Wildman–Crippen MR) is 121 cm³/mol. The van der Waals surface area contributed by atoms with Gasteiger partial charge in [0.2, 0.25) is 0 Å². The molecule has 0 atom stereocenters. The zero-order valence-electron chi connectivity index (χ0n) is 15.3. The molecule has 0 aliphatic carbocycles. The van der Waals surface area contributed by atoms with Crippen molar-refractivity contribution < 1.29 is 9.47 Å². The minimum absolute atomic E-state index is 0.227. The lowest BCUT2D eigenvalue weighted by Gasteiger charge is -2.13. The maximum Gasteiger partial charge on any atom is 0.282 e. The molecule has 1 aromatic heterocycles. The van der Waals surface area contributed by atoms with Crippen LogP contribution in [0, 0.1) is 0 Å². The maximum atomic E-state index is 13.0. The van der Waals surface area contributed by atoms with Crippen molar-refractivity contribution in [2.75, 3.05) is 14.2 Å². The van der Waals surface area contributed by atoms with E-state index in [1.165, 1.54) is 4.68 Å². The van der Waals surface area contributed by atoms with Gasteiger partial charge in [-0.05, 0) is 56.1 Å². The second-order valence-corrected chi connectivity index (χ2v) is 8.24. The molecule has 6 nitrogen and oxygen atoms in total. The Balaban J connectivity index is 2.17. The molecule has 3 rings (SSSR count). The highest BCUT2D eigenvalue weighted by Crippen LogP contribution is 2.41. The van der Waals surface area contributed by atoms with Gasteiger partial charge in [-0.2, -0.15) is 9.78 Å². The van der Waals surface area contributed by atoms with Gasteiger partial charge in [0.1, 0.15) is 5.82 Å². The van der Waals surface area contributed by atoms with Gasteiger partial charge in [0, 0.05) is 20.9 Å². The van der Waals surface area contributed by atoms with Crippen LogP contribution in [0.25, 0.3) is 10.9 Å². The van der Waals surface area contributed by atoms with Crippen molar-refractivity contribution in [2.24, 2.45) is 5.10 Å². The second-order valence-electron chi connectivity index (χ2n) is 5.73. The van der Waals surface area contributed by atoms with Crippen LogP contribution in [0.3, 0.4) is 0 Å². The monoisotopic (exact) mass is 571 g/mol. The van der Waals surface area contributed by atoms with E-state index in [2.05, 4.69) is 57.9 Å². The lowest BCUT2D eigenvalue weighted by atomic mass is 10.2. The first-order chi connectivity index (χ1) is 13.4. The molecule has 146 valence electrons. The Bertz CT molecular complexity index is 1140. The van der Waals surface area contributed by atoms with Crippen LogP contribution in [0.2, 0.25) is 0 Å². The first-order valence-corrected chi connectivity index (χ1v) is 10.6. The summed E-state index contributed by atoms with van der Waals surface area (Å²) in [4.78, 5) is 17.6. The third kappa shape index (κ3) is 3.88. The number of hydrogen-bond acceptors (Lipinski definition) is 5. The minimum atomic E-state index is -0.227. The van der Waals surface area contributed by atoms with Crippen molar-refractivity contribution >= 4 is 64.9 Å².